The molecule has 1 nitrogen and oxygen atoms in total. The molecule has 0 fully saturated rings. The van der Waals surface area contributed by atoms with Gasteiger partial charge in [0, 0.05) is 6.07 Å². The SMILES string of the molecule is [C+]1=Nc2ccccc2C=C1.[Cl-]. The van der Waals surface area contributed by atoms with Crippen LogP contribution >= 0.6 is 0 Å². The smallest absolute Gasteiger partial charge is 0.187 e. The third-order valence-electron chi connectivity index (χ3n) is 1.46. The second-order valence-corrected chi connectivity index (χ2v) is 2.13. The zero-order chi connectivity index (χ0) is 6.81. The molecule has 2 heteroatoms. The van der Waals surface area contributed by atoms with E-state index >= 15 is 0 Å². The van der Waals surface area contributed by atoms with Crippen LogP contribution in [0.3, 0.4) is 0 Å². The molecule has 0 aromatic heterocycles. The Labute approximate surface area is 71.9 Å². The second kappa shape index (κ2) is 3.29. The fraction of sp³-hybridized carbons (Fsp3) is 0. The largest absolute Gasteiger partial charge is 1.00 e. The number of allylic oxidation sites excluding steroid dienone is 1. The number of benzene rings is 1. The lowest BCUT2D eigenvalue weighted by atomic mass is 10.1. The maximum absolute atomic E-state index is 4.06. The van der Waals surface area contributed by atoms with Crippen molar-refractivity contribution in [2.45, 2.75) is 0 Å². The standard InChI is InChI=1S/C9H6N.ClH/c1-2-6-9-8(4-1)5-3-7-10-9;/h1-6H;1H/q+1;/p-1. The van der Waals surface area contributed by atoms with E-state index in [1.54, 1.807) is 0 Å². The summed E-state index contributed by atoms with van der Waals surface area (Å²) in [4.78, 5) is 4.06. The van der Waals surface area contributed by atoms with Gasteiger partial charge < -0.3 is 12.4 Å². The summed E-state index contributed by atoms with van der Waals surface area (Å²) in [6, 6.07) is 8.00. The quantitative estimate of drug-likeness (QED) is 0.449. The third kappa shape index (κ3) is 1.45. The molecule has 1 aliphatic heterocycles. The highest BCUT2D eigenvalue weighted by Gasteiger charge is 2.06. The van der Waals surface area contributed by atoms with Crippen molar-refractivity contribution in [1.29, 1.82) is 0 Å². The number of para-hydroxylation sites is 1. The topological polar surface area (TPSA) is 12.4 Å². The van der Waals surface area contributed by atoms with Crippen molar-refractivity contribution in [3.05, 3.63) is 35.9 Å². The van der Waals surface area contributed by atoms with E-state index in [2.05, 4.69) is 11.2 Å². The van der Waals surface area contributed by atoms with Crippen LogP contribution in [-0.2, 0) is 0 Å². The summed E-state index contributed by atoms with van der Waals surface area (Å²) >= 11 is 0. The lowest BCUT2D eigenvalue weighted by Gasteiger charge is -1.90. The number of halogens is 1. The van der Waals surface area contributed by atoms with E-state index in [1.165, 1.54) is 5.56 Å². The molecule has 0 unspecified atom stereocenters. The highest BCUT2D eigenvalue weighted by molar-refractivity contribution is 5.87. The summed E-state index contributed by atoms with van der Waals surface area (Å²) in [5.41, 5.74) is 2.17. The zero-order valence-corrected chi connectivity index (χ0v) is 6.55. The summed E-state index contributed by atoms with van der Waals surface area (Å²) in [6.45, 7) is 0. The van der Waals surface area contributed by atoms with Crippen molar-refractivity contribution >= 4 is 18.0 Å². The van der Waals surface area contributed by atoms with Crippen LogP contribution in [0.25, 0.3) is 6.08 Å². The third-order valence-corrected chi connectivity index (χ3v) is 1.46. The monoisotopic (exact) mass is 163 g/mol. The van der Waals surface area contributed by atoms with Crippen LogP contribution in [0, 0.1) is 0 Å². The van der Waals surface area contributed by atoms with Gasteiger partial charge in [-0.25, -0.2) is 0 Å². The van der Waals surface area contributed by atoms with E-state index in [1.807, 2.05) is 36.4 Å². The average Bonchev–Trinajstić information content (AvgIpc) is 2.05. The van der Waals surface area contributed by atoms with Crippen LogP contribution in [0.2, 0.25) is 0 Å². The van der Waals surface area contributed by atoms with Crippen LogP contribution in [0.5, 0.6) is 0 Å². The van der Waals surface area contributed by atoms with Crippen molar-refractivity contribution in [3.8, 4) is 0 Å². The minimum absolute atomic E-state index is 0. The van der Waals surface area contributed by atoms with Crippen molar-refractivity contribution in [2.24, 2.45) is 4.99 Å². The Morgan fingerprint density at radius 1 is 1.18 bits per heavy atom. The van der Waals surface area contributed by atoms with E-state index in [0.29, 0.717) is 0 Å². The van der Waals surface area contributed by atoms with Gasteiger partial charge in [0.05, 0.1) is 6.08 Å². The van der Waals surface area contributed by atoms with E-state index in [-0.39, 0.29) is 12.4 Å². The molecule has 1 aliphatic rings. The Morgan fingerprint density at radius 2 is 2.00 bits per heavy atom. The number of hydrogen-bond acceptors (Lipinski definition) is 1. The molecular formula is C9H6ClN. The zero-order valence-electron chi connectivity index (χ0n) is 5.79. The molecule has 0 amide bonds. The lowest BCUT2D eigenvalue weighted by Crippen LogP contribution is -3.00. The van der Waals surface area contributed by atoms with Gasteiger partial charge in [-0.15, -0.1) is 0 Å². The fourth-order valence-electron chi connectivity index (χ4n) is 0.964. The molecule has 11 heavy (non-hydrogen) atoms. The molecule has 1 heterocycles. The van der Waals surface area contributed by atoms with Crippen molar-refractivity contribution < 1.29 is 12.4 Å². The maximum atomic E-state index is 4.06. The van der Waals surface area contributed by atoms with Crippen molar-refractivity contribution in [2.75, 3.05) is 0 Å². The van der Waals surface area contributed by atoms with E-state index in [4.69, 9.17) is 0 Å². The van der Waals surface area contributed by atoms with Gasteiger partial charge in [-0.1, -0.05) is 11.1 Å². The molecule has 0 atom stereocenters. The first-order valence-electron chi connectivity index (χ1n) is 3.19. The molecule has 0 saturated carbocycles. The Morgan fingerprint density at radius 3 is 2.82 bits per heavy atom. The Bertz CT molecular complexity index is 271. The molecule has 1 aromatic carbocycles. The van der Waals surface area contributed by atoms with Gasteiger partial charge in [0.15, 0.2) is 11.9 Å². The first kappa shape index (κ1) is 7.93. The number of aliphatic imine (C=N–C) groups is 1. The molecular weight excluding hydrogens is 158 g/mol. The summed E-state index contributed by atoms with van der Waals surface area (Å²) in [7, 11) is 0. The Kier molecular flexibility index (Phi) is 2.37. The molecule has 0 aliphatic carbocycles. The average molecular weight is 164 g/mol. The fourth-order valence-corrected chi connectivity index (χ4v) is 0.964. The summed E-state index contributed by atoms with van der Waals surface area (Å²) in [5.74, 6) is 0. The van der Waals surface area contributed by atoms with E-state index in [9.17, 15) is 0 Å². The number of rotatable bonds is 0. The van der Waals surface area contributed by atoms with Gasteiger partial charge in [-0.2, -0.15) is 0 Å². The van der Waals surface area contributed by atoms with Crippen LogP contribution in [0.4, 0.5) is 5.69 Å². The molecule has 0 bridgehead atoms. The van der Waals surface area contributed by atoms with Gasteiger partial charge >= 0.3 is 0 Å². The maximum Gasteiger partial charge on any atom is 0.187 e. The molecule has 1 aromatic rings. The number of nitrogens with zero attached hydrogens (tertiary/aromatic N) is 1. The molecule has 0 spiro atoms. The predicted octanol–water partition coefficient (Wildman–Crippen LogP) is -0.703. The Balaban J connectivity index is 0.000000605. The first-order valence-corrected chi connectivity index (χ1v) is 3.19. The molecule has 2 rings (SSSR count). The van der Waals surface area contributed by atoms with Crippen molar-refractivity contribution in [3.63, 3.8) is 0 Å². The predicted molar refractivity (Wildman–Crippen MR) is 42.6 cm³/mol. The second-order valence-electron chi connectivity index (χ2n) is 2.13. The highest BCUT2D eigenvalue weighted by Crippen LogP contribution is 2.21. The van der Waals surface area contributed by atoms with E-state index < -0.39 is 0 Å². The summed E-state index contributed by atoms with van der Waals surface area (Å²) in [6.07, 6.45) is 6.61. The van der Waals surface area contributed by atoms with Gasteiger partial charge in [0.2, 0.25) is 0 Å². The first-order chi connectivity index (χ1) is 4.97. The van der Waals surface area contributed by atoms with Gasteiger partial charge in [0.25, 0.3) is 0 Å². The normalized spacial score (nSPS) is 11.3. The number of hydrogen-bond donors (Lipinski definition) is 0. The van der Waals surface area contributed by atoms with Crippen LogP contribution in [0.15, 0.2) is 35.3 Å². The summed E-state index contributed by atoms with van der Waals surface area (Å²) in [5, 5.41) is 0. The molecule has 0 N–H and O–H groups in total. The van der Waals surface area contributed by atoms with Crippen LogP contribution in [0.1, 0.15) is 5.56 Å². The van der Waals surface area contributed by atoms with Gasteiger partial charge in [0.1, 0.15) is 11.6 Å². The molecule has 0 saturated heterocycles. The minimum Gasteiger partial charge on any atom is -1.00 e. The Hall–Kier alpha value is -1.17. The van der Waals surface area contributed by atoms with Crippen molar-refractivity contribution in [1.82, 2.24) is 0 Å². The summed E-state index contributed by atoms with van der Waals surface area (Å²) < 4.78 is 0. The lowest BCUT2D eigenvalue weighted by molar-refractivity contribution is -0.00000192. The van der Waals surface area contributed by atoms with E-state index in [0.717, 1.165) is 5.69 Å². The van der Waals surface area contributed by atoms with Crippen LogP contribution < -0.4 is 12.4 Å². The van der Waals surface area contributed by atoms with Gasteiger partial charge in [-0.05, 0) is 12.1 Å². The van der Waals surface area contributed by atoms with Gasteiger partial charge in [-0.3, -0.25) is 0 Å². The minimum atomic E-state index is 0. The molecule has 54 valence electrons. The number of fused-ring (bicyclic) bond motifs is 1. The molecule has 0 radical (unpaired) electrons. The van der Waals surface area contributed by atoms with Crippen LogP contribution in [-0.4, -0.2) is 6.21 Å². The highest BCUT2D eigenvalue weighted by atomic mass is 35.5.